The van der Waals surface area contributed by atoms with Crippen LogP contribution in [0.3, 0.4) is 0 Å². The van der Waals surface area contributed by atoms with Gasteiger partial charge in [0, 0.05) is 17.0 Å². The molecule has 8 nitrogen and oxygen atoms in total. The van der Waals surface area contributed by atoms with Gasteiger partial charge < -0.3 is 25.0 Å². The molecule has 1 spiro atoms. The van der Waals surface area contributed by atoms with Gasteiger partial charge in [-0.25, -0.2) is 0 Å². The van der Waals surface area contributed by atoms with E-state index in [9.17, 15) is 14.4 Å². The Labute approximate surface area is 227 Å². The SMILES string of the molecule is COc1ccc(CCN2C(=O)[C@@H]3[C@H](C(=O)NCc4cccs4)[C@]4(C)C=C[C@]3(O4)[C@H]2C(=O)NC(C)(C)C)cc1. The maximum Gasteiger partial charge on any atom is 0.246 e. The molecule has 0 aliphatic carbocycles. The molecule has 9 heteroatoms. The summed E-state index contributed by atoms with van der Waals surface area (Å²) in [5.41, 5.74) is -1.66. The van der Waals surface area contributed by atoms with Crippen molar-refractivity contribution in [3.8, 4) is 5.75 Å². The minimum atomic E-state index is -1.20. The van der Waals surface area contributed by atoms with Crippen LogP contribution >= 0.6 is 11.3 Å². The number of nitrogens with zero attached hydrogens (tertiary/aromatic N) is 1. The lowest BCUT2D eigenvalue weighted by Gasteiger charge is -2.35. The molecule has 2 aromatic rings. The normalized spacial score (nSPS) is 29.4. The van der Waals surface area contributed by atoms with Crippen molar-refractivity contribution < 1.29 is 23.9 Å². The zero-order chi connectivity index (χ0) is 27.3. The number of hydrogen-bond acceptors (Lipinski definition) is 6. The summed E-state index contributed by atoms with van der Waals surface area (Å²) in [6.45, 7) is 8.26. The van der Waals surface area contributed by atoms with Crippen molar-refractivity contribution in [3.05, 3.63) is 64.4 Å². The van der Waals surface area contributed by atoms with Crippen LogP contribution in [0.1, 0.15) is 38.1 Å². The first-order valence-electron chi connectivity index (χ1n) is 12.9. The van der Waals surface area contributed by atoms with E-state index in [1.165, 1.54) is 0 Å². The zero-order valence-electron chi connectivity index (χ0n) is 22.4. The molecule has 0 unspecified atom stereocenters. The minimum absolute atomic E-state index is 0.225. The third-order valence-corrected chi connectivity index (χ3v) is 8.52. The molecule has 3 aliphatic rings. The van der Waals surface area contributed by atoms with Crippen LogP contribution in [0.15, 0.2) is 53.9 Å². The Hall–Kier alpha value is -3.17. The van der Waals surface area contributed by atoms with Gasteiger partial charge in [-0.05, 0) is 63.3 Å². The largest absolute Gasteiger partial charge is 0.497 e. The summed E-state index contributed by atoms with van der Waals surface area (Å²) in [4.78, 5) is 44.1. The molecule has 2 saturated heterocycles. The molecule has 2 fully saturated rings. The first-order valence-corrected chi connectivity index (χ1v) is 13.8. The molecule has 0 radical (unpaired) electrons. The molecule has 2 N–H and O–H groups in total. The highest BCUT2D eigenvalue weighted by molar-refractivity contribution is 7.09. The summed E-state index contributed by atoms with van der Waals surface area (Å²) >= 11 is 1.56. The summed E-state index contributed by atoms with van der Waals surface area (Å²) < 4.78 is 11.8. The van der Waals surface area contributed by atoms with Crippen LogP contribution in [0, 0.1) is 11.8 Å². The minimum Gasteiger partial charge on any atom is -0.497 e. The van der Waals surface area contributed by atoms with Crippen molar-refractivity contribution in [2.75, 3.05) is 13.7 Å². The standard InChI is InChI=1S/C29H35N3O5S/c1-27(2,3)31-25(34)23-29-14-13-28(4,37-29)21(24(33)30-17-20-7-6-16-38-20)22(29)26(35)32(23)15-12-18-8-10-19(36-5)11-9-18/h6-11,13-14,16,21-23H,12,15,17H2,1-5H3,(H,30,33)(H,31,34)/t21-,22+,23-,28+,29-/m1/s1. The van der Waals surface area contributed by atoms with E-state index in [1.807, 2.05) is 81.6 Å². The summed E-state index contributed by atoms with van der Waals surface area (Å²) in [6.07, 6.45) is 4.25. The summed E-state index contributed by atoms with van der Waals surface area (Å²) in [5, 5.41) is 8.02. The smallest absolute Gasteiger partial charge is 0.246 e. The van der Waals surface area contributed by atoms with Crippen LogP contribution in [-0.4, -0.2) is 59.1 Å². The Morgan fingerprint density at radius 3 is 2.50 bits per heavy atom. The molecule has 202 valence electrons. The molecule has 5 rings (SSSR count). The maximum absolute atomic E-state index is 14.1. The maximum atomic E-state index is 14.1. The van der Waals surface area contributed by atoms with E-state index in [0.717, 1.165) is 16.2 Å². The van der Waals surface area contributed by atoms with Gasteiger partial charge in [0.1, 0.15) is 17.4 Å². The molecule has 1 aromatic heterocycles. The second kappa shape index (κ2) is 9.54. The van der Waals surface area contributed by atoms with Crippen molar-refractivity contribution in [2.24, 2.45) is 11.8 Å². The van der Waals surface area contributed by atoms with Crippen LogP contribution in [0.4, 0.5) is 0 Å². The predicted molar refractivity (Wildman–Crippen MR) is 145 cm³/mol. The lowest BCUT2D eigenvalue weighted by molar-refractivity contribution is -0.145. The number of ether oxygens (including phenoxy) is 2. The Balaban J connectivity index is 1.45. The molecule has 3 aliphatic heterocycles. The van der Waals surface area contributed by atoms with Crippen molar-refractivity contribution >= 4 is 29.1 Å². The first kappa shape index (κ1) is 26.4. The molecular formula is C29H35N3O5S. The van der Waals surface area contributed by atoms with Gasteiger partial charge in [-0.1, -0.05) is 30.4 Å². The Morgan fingerprint density at radius 2 is 1.87 bits per heavy atom. The lowest BCUT2D eigenvalue weighted by Crippen LogP contribution is -2.58. The van der Waals surface area contributed by atoms with Gasteiger partial charge in [-0.3, -0.25) is 14.4 Å². The van der Waals surface area contributed by atoms with E-state index in [1.54, 1.807) is 23.3 Å². The summed E-state index contributed by atoms with van der Waals surface area (Å²) in [7, 11) is 1.62. The molecule has 38 heavy (non-hydrogen) atoms. The molecular weight excluding hydrogens is 502 g/mol. The Morgan fingerprint density at radius 1 is 1.13 bits per heavy atom. The number of thiophene rings is 1. The highest BCUT2D eigenvalue weighted by Crippen LogP contribution is 2.59. The van der Waals surface area contributed by atoms with Gasteiger partial charge in [-0.15, -0.1) is 11.3 Å². The Bertz CT molecular complexity index is 1250. The fraction of sp³-hybridized carbons (Fsp3) is 0.483. The van der Waals surface area contributed by atoms with Crippen molar-refractivity contribution in [1.29, 1.82) is 0 Å². The number of carbonyl (C=O) groups is 3. The zero-order valence-corrected chi connectivity index (χ0v) is 23.3. The number of rotatable bonds is 8. The average Bonchev–Trinajstić information content (AvgIpc) is 3.60. The van der Waals surface area contributed by atoms with Crippen molar-refractivity contribution in [2.45, 2.75) is 63.4 Å². The third-order valence-electron chi connectivity index (χ3n) is 7.64. The van der Waals surface area contributed by atoms with Gasteiger partial charge in [0.25, 0.3) is 0 Å². The van der Waals surface area contributed by atoms with Gasteiger partial charge in [0.05, 0.1) is 31.1 Å². The summed E-state index contributed by atoms with van der Waals surface area (Å²) in [6, 6.07) is 10.7. The van der Waals surface area contributed by atoms with E-state index in [4.69, 9.17) is 9.47 Å². The van der Waals surface area contributed by atoms with E-state index in [2.05, 4.69) is 10.6 Å². The lowest BCUT2D eigenvalue weighted by atomic mass is 9.70. The monoisotopic (exact) mass is 537 g/mol. The average molecular weight is 538 g/mol. The van der Waals surface area contributed by atoms with E-state index in [-0.39, 0.29) is 17.7 Å². The number of nitrogens with one attached hydrogen (secondary N) is 2. The number of amides is 3. The third kappa shape index (κ3) is 4.52. The van der Waals surface area contributed by atoms with Gasteiger partial charge in [0.2, 0.25) is 17.7 Å². The quantitative estimate of drug-likeness (QED) is 0.505. The van der Waals surface area contributed by atoms with Gasteiger partial charge in [-0.2, -0.15) is 0 Å². The number of carbonyl (C=O) groups excluding carboxylic acids is 3. The fourth-order valence-electron chi connectivity index (χ4n) is 6.05. The fourth-order valence-corrected chi connectivity index (χ4v) is 6.69. The first-order chi connectivity index (χ1) is 18.0. The summed E-state index contributed by atoms with van der Waals surface area (Å²) in [5.74, 6) is -1.52. The molecule has 3 amide bonds. The van der Waals surface area contributed by atoms with Crippen LogP contribution < -0.4 is 15.4 Å². The van der Waals surface area contributed by atoms with Crippen LogP contribution in [0.25, 0.3) is 0 Å². The molecule has 0 saturated carbocycles. The van der Waals surface area contributed by atoms with Crippen molar-refractivity contribution in [1.82, 2.24) is 15.5 Å². The van der Waals surface area contributed by atoms with Crippen LogP contribution in [0.5, 0.6) is 5.75 Å². The topological polar surface area (TPSA) is 97.0 Å². The highest BCUT2D eigenvalue weighted by Gasteiger charge is 2.76. The second-order valence-electron chi connectivity index (χ2n) is 11.5. The van der Waals surface area contributed by atoms with Crippen LogP contribution in [-0.2, 0) is 32.1 Å². The molecule has 1 aromatic carbocycles. The van der Waals surface area contributed by atoms with Gasteiger partial charge in [0.15, 0.2) is 0 Å². The number of hydrogen-bond donors (Lipinski definition) is 2. The van der Waals surface area contributed by atoms with E-state index in [0.29, 0.717) is 19.5 Å². The second-order valence-corrected chi connectivity index (χ2v) is 12.5. The Kier molecular flexibility index (Phi) is 6.64. The van der Waals surface area contributed by atoms with Crippen molar-refractivity contribution in [3.63, 3.8) is 0 Å². The molecule has 5 atom stereocenters. The van der Waals surface area contributed by atoms with Gasteiger partial charge >= 0.3 is 0 Å². The molecule has 2 bridgehead atoms. The van der Waals surface area contributed by atoms with E-state index >= 15 is 0 Å². The number of fused-ring (bicyclic) bond motifs is 1. The van der Waals surface area contributed by atoms with Crippen LogP contribution in [0.2, 0.25) is 0 Å². The number of benzene rings is 1. The predicted octanol–water partition coefficient (Wildman–Crippen LogP) is 3.07. The number of methoxy groups -OCH3 is 1. The van der Waals surface area contributed by atoms with E-state index < -0.39 is 34.6 Å². The highest BCUT2D eigenvalue weighted by atomic mass is 32.1. The number of likely N-dealkylation sites (tertiary alicyclic amines) is 1. The molecule has 4 heterocycles.